The van der Waals surface area contributed by atoms with Gasteiger partial charge >= 0.3 is 0 Å². The van der Waals surface area contributed by atoms with Gasteiger partial charge in [0.2, 0.25) is 11.8 Å². The number of likely N-dealkylation sites (tertiary alicyclic amines) is 1. The van der Waals surface area contributed by atoms with Crippen LogP contribution in [0.5, 0.6) is 0 Å². The maximum atomic E-state index is 12.6. The van der Waals surface area contributed by atoms with Crippen molar-refractivity contribution in [2.24, 2.45) is 29.6 Å². The van der Waals surface area contributed by atoms with Gasteiger partial charge in [-0.3, -0.25) is 14.5 Å². The minimum atomic E-state index is -0.156. The molecule has 2 aliphatic carbocycles. The summed E-state index contributed by atoms with van der Waals surface area (Å²) in [5, 5.41) is 0. The van der Waals surface area contributed by atoms with Crippen LogP contribution in [-0.2, 0) is 14.3 Å². The van der Waals surface area contributed by atoms with Crippen LogP contribution in [-0.4, -0.2) is 35.5 Å². The number of imide groups is 1. The van der Waals surface area contributed by atoms with Crippen LogP contribution in [0.3, 0.4) is 0 Å². The summed E-state index contributed by atoms with van der Waals surface area (Å²) in [5.41, 5.74) is 0. The van der Waals surface area contributed by atoms with Crippen LogP contribution in [0.25, 0.3) is 0 Å². The molecule has 4 nitrogen and oxygen atoms in total. The quantitative estimate of drug-likeness (QED) is 0.587. The zero-order chi connectivity index (χ0) is 14.1. The van der Waals surface area contributed by atoms with Gasteiger partial charge in [0.05, 0.1) is 24.0 Å². The lowest BCUT2D eigenvalue weighted by Gasteiger charge is -2.22. The first-order chi connectivity index (χ1) is 10.2. The van der Waals surface area contributed by atoms with Crippen molar-refractivity contribution >= 4 is 11.8 Å². The van der Waals surface area contributed by atoms with Gasteiger partial charge in [0.15, 0.2) is 0 Å². The van der Waals surface area contributed by atoms with E-state index in [2.05, 4.69) is 12.2 Å². The lowest BCUT2D eigenvalue weighted by atomic mass is 9.81. The Morgan fingerprint density at radius 2 is 1.76 bits per heavy atom. The van der Waals surface area contributed by atoms with Crippen molar-refractivity contribution in [3.8, 4) is 0 Å². The Hall–Kier alpha value is -1.16. The molecule has 1 saturated carbocycles. The van der Waals surface area contributed by atoms with E-state index >= 15 is 0 Å². The van der Waals surface area contributed by atoms with Gasteiger partial charge in [0.1, 0.15) is 0 Å². The van der Waals surface area contributed by atoms with Crippen molar-refractivity contribution < 1.29 is 14.3 Å². The average molecular weight is 287 g/mol. The van der Waals surface area contributed by atoms with Gasteiger partial charge in [-0.2, -0.15) is 0 Å². The van der Waals surface area contributed by atoms with Crippen LogP contribution in [0.15, 0.2) is 12.2 Å². The third kappa shape index (κ3) is 1.60. The molecule has 21 heavy (non-hydrogen) atoms. The van der Waals surface area contributed by atoms with Crippen molar-refractivity contribution in [1.29, 1.82) is 0 Å². The molecule has 0 aromatic heterocycles. The summed E-state index contributed by atoms with van der Waals surface area (Å²) < 4.78 is 5.77. The minimum Gasteiger partial charge on any atom is -0.373 e. The van der Waals surface area contributed by atoms with Gasteiger partial charge in [-0.1, -0.05) is 12.2 Å². The normalized spacial score (nSPS) is 49.7. The minimum absolute atomic E-state index is 0.0203. The molecule has 0 spiro atoms. The second-order valence-electron chi connectivity index (χ2n) is 7.50. The molecule has 4 heteroatoms. The van der Waals surface area contributed by atoms with E-state index in [1.165, 1.54) is 12.8 Å². The molecule has 4 fully saturated rings. The van der Waals surface area contributed by atoms with Crippen molar-refractivity contribution in [3.63, 3.8) is 0 Å². The molecule has 3 saturated heterocycles. The smallest absolute Gasteiger partial charge is 0.235 e. The predicted octanol–water partition coefficient (Wildman–Crippen LogP) is 1.75. The zero-order valence-electron chi connectivity index (χ0n) is 12.1. The van der Waals surface area contributed by atoms with Crippen LogP contribution < -0.4 is 0 Å². The van der Waals surface area contributed by atoms with Gasteiger partial charge in [-0.25, -0.2) is 0 Å². The van der Waals surface area contributed by atoms with E-state index in [0.29, 0.717) is 18.4 Å². The number of hydrogen-bond donors (Lipinski definition) is 0. The Balaban J connectivity index is 1.29. The Labute approximate surface area is 124 Å². The van der Waals surface area contributed by atoms with E-state index in [1.54, 1.807) is 4.90 Å². The molecule has 3 heterocycles. The number of amides is 2. The average Bonchev–Trinajstić information content (AvgIpc) is 3.25. The van der Waals surface area contributed by atoms with Crippen molar-refractivity contribution in [2.75, 3.05) is 6.54 Å². The second-order valence-corrected chi connectivity index (χ2v) is 7.50. The summed E-state index contributed by atoms with van der Waals surface area (Å²) >= 11 is 0. The van der Waals surface area contributed by atoms with Crippen molar-refractivity contribution in [1.82, 2.24) is 4.90 Å². The van der Waals surface area contributed by atoms with Crippen LogP contribution in [0.4, 0.5) is 0 Å². The Morgan fingerprint density at radius 1 is 1.05 bits per heavy atom. The highest BCUT2D eigenvalue weighted by atomic mass is 16.5. The molecule has 0 N–H and O–H groups in total. The molecule has 0 radical (unpaired) electrons. The topological polar surface area (TPSA) is 46.6 Å². The molecular weight excluding hydrogens is 266 g/mol. The van der Waals surface area contributed by atoms with Gasteiger partial charge in [0, 0.05) is 6.54 Å². The van der Waals surface area contributed by atoms with Crippen LogP contribution >= 0.6 is 0 Å². The molecule has 5 rings (SSSR count). The first-order valence-corrected chi connectivity index (χ1v) is 8.41. The lowest BCUT2D eigenvalue weighted by Crippen LogP contribution is -2.36. The largest absolute Gasteiger partial charge is 0.373 e. The van der Waals surface area contributed by atoms with Crippen LogP contribution in [0, 0.1) is 29.6 Å². The molecule has 7 atom stereocenters. The fourth-order valence-corrected chi connectivity index (χ4v) is 5.52. The maximum absolute atomic E-state index is 12.6. The number of hydrogen-bond acceptors (Lipinski definition) is 3. The molecular formula is C17H21NO3. The number of allylic oxidation sites excluding steroid dienone is 2. The lowest BCUT2D eigenvalue weighted by molar-refractivity contribution is -0.142. The SMILES string of the molecule is O=C1[C@@H]2[C@H](C(=O)N1CC[C@@H]1C[C@@H]3C=C[C@H]1C3)[C@H]1CC[C@@H]2O1. The number of fused-ring (bicyclic) bond motifs is 7. The van der Waals surface area contributed by atoms with E-state index in [0.717, 1.165) is 25.2 Å². The number of carbonyl (C=O) groups excluding carboxylic acids is 2. The molecule has 3 aliphatic heterocycles. The second kappa shape index (κ2) is 4.19. The van der Waals surface area contributed by atoms with Crippen molar-refractivity contribution in [3.05, 3.63) is 12.2 Å². The van der Waals surface area contributed by atoms with E-state index in [-0.39, 0.29) is 35.9 Å². The Bertz CT molecular complexity index is 514. The molecule has 0 unspecified atom stereocenters. The van der Waals surface area contributed by atoms with Gasteiger partial charge in [-0.05, 0) is 49.9 Å². The highest BCUT2D eigenvalue weighted by molar-refractivity contribution is 6.06. The monoisotopic (exact) mass is 287 g/mol. The molecule has 0 aromatic rings. The highest BCUT2D eigenvalue weighted by Crippen LogP contribution is 2.49. The summed E-state index contributed by atoms with van der Waals surface area (Å²) in [5.74, 6) is 1.92. The van der Waals surface area contributed by atoms with Crippen LogP contribution in [0.1, 0.15) is 32.1 Å². The summed E-state index contributed by atoms with van der Waals surface area (Å²) in [6, 6.07) is 0. The van der Waals surface area contributed by atoms with Gasteiger partial charge < -0.3 is 4.74 Å². The van der Waals surface area contributed by atoms with Gasteiger partial charge in [0.25, 0.3) is 0 Å². The highest BCUT2D eigenvalue weighted by Gasteiger charge is 2.62. The van der Waals surface area contributed by atoms with Crippen molar-refractivity contribution in [2.45, 2.75) is 44.3 Å². The van der Waals surface area contributed by atoms with Gasteiger partial charge in [-0.15, -0.1) is 0 Å². The third-order valence-electron chi connectivity index (χ3n) is 6.52. The molecule has 0 aromatic carbocycles. The number of rotatable bonds is 3. The molecule has 112 valence electrons. The Morgan fingerprint density at radius 3 is 2.33 bits per heavy atom. The van der Waals surface area contributed by atoms with E-state index in [9.17, 15) is 9.59 Å². The number of ether oxygens (including phenoxy) is 1. The molecule has 5 aliphatic rings. The van der Waals surface area contributed by atoms with E-state index in [4.69, 9.17) is 4.74 Å². The first-order valence-electron chi connectivity index (χ1n) is 8.41. The Kier molecular flexibility index (Phi) is 2.47. The summed E-state index contributed by atoms with van der Waals surface area (Å²) in [6.45, 7) is 0.631. The third-order valence-corrected chi connectivity index (χ3v) is 6.52. The maximum Gasteiger partial charge on any atom is 0.235 e. The zero-order valence-corrected chi connectivity index (χ0v) is 12.1. The van der Waals surface area contributed by atoms with E-state index < -0.39 is 0 Å². The predicted molar refractivity (Wildman–Crippen MR) is 75.1 cm³/mol. The fraction of sp³-hybridized carbons (Fsp3) is 0.765. The van der Waals surface area contributed by atoms with Crippen LogP contribution in [0.2, 0.25) is 0 Å². The summed E-state index contributed by atoms with van der Waals surface area (Å²) in [4.78, 5) is 26.7. The fourth-order valence-electron chi connectivity index (χ4n) is 5.52. The standard InChI is InChI=1S/C17H21NO3/c19-16-14-12-3-4-13(21-12)15(14)17(20)18(16)6-5-11-8-9-1-2-10(11)7-9/h1-2,9-15H,3-8H2/t9-,10+,11-,12-,13+,14-,15+/m1/s1. The summed E-state index contributed by atoms with van der Waals surface area (Å²) in [6.07, 6.45) is 10.2. The number of nitrogens with zero attached hydrogens (tertiary/aromatic N) is 1. The molecule has 2 amide bonds. The molecule has 4 bridgehead atoms. The number of carbonyl (C=O) groups is 2. The first kappa shape index (κ1) is 12.4. The summed E-state index contributed by atoms with van der Waals surface area (Å²) in [7, 11) is 0. The van der Waals surface area contributed by atoms with E-state index in [1.807, 2.05) is 0 Å².